The predicted molar refractivity (Wildman–Crippen MR) is 165 cm³/mol. The summed E-state index contributed by atoms with van der Waals surface area (Å²) in [4.78, 5) is 54.2. The maximum Gasteiger partial charge on any atom is 0.256 e. The van der Waals surface area contributed by atoms with Crippen molar-refractivity contribution >= 4 is 55.8 Å². The molecule has 3 amide bonds. The van der Waals surface area contributed by atoms with Crippen LogP contribution in [-0.4, -0.2) is 78.1 Å². The number of sulfonamides is 1. The summed E-state index contributed by atoms with van der Waals surface area (Å²) in [6.07, 6.45) is 3.63. The number of thiazole rings is 1. The average Bonchev–Trinajstić information content (AvgIpc) is 3.46. The molecule has 2 saturated heterocycles. The summed E-state index contributed by atoms with van der Waals surface area (Å²) >= 11 is 1.34. The van der Waals surface area contributed by atoms with Gasteiger partial charge in [0.15, 0.2) is 5.13 Å². The summed E-state index contributed by atoms with van der Waals surface area (Å²) in [7, 11) is -2.58. The predicted octanol–water partition coefficient (Wildman–Crippen LogP) is 3.26. The highest BCUT2D eigenvalue weighted by Gasteiger charge is 2.43. The van der Waals surface area contributed by atoms with Gasteiger partial charge in [0.2, 0.25) is 15.9 Å². The van der Waals surface area contributed by atoms with Gasteiger partial charge in [0, 0.05) is 19.1 Å². The van der Waals surface area contributed by atoms with Gasteiger partial charge < -0.3 is 15.1 Å². The van der Waals surface area contributed by atoms with Crippen LogP contribution in [0.25, 0.3) is 10.4 Å². The van der Waals surface area contributed by atoms with Crippen molar-refractivity contribution in [3.8, 4) is 10.4 Å². The number of piperazine rings is 1. The number of aryl methyl sites for hydroxylation is 1. The SMILES string of the molecule is CNS(=O)(=O)c1cc(-c2sc(Nc3cccc(N4CC(=O)N5CCC[C@H]5C4=O)n3)nc2C)cc2c1C(=O)N(C(C)C1CC1)C2. The summed E-state index contributed by atoms with van der Waals surface area (Å²) in [6, 6.07) is 8.31. The smallest absolute Gasteiger partial charge is 0.256 e. The van der Waals surface area contributed by atoms with Gasteiger partial charge in [0.1, 0.15) is 24.2 Å². The Bertz CT molecular complexity index is 1820. The van der Waals surface area contributed by atoms with Gasteiger partial charge in [-0.1, -0.05) is 17.4 Å². The zero-order valence-electron chi connectivity index (χ0n) is 24.7. The Morgan fingerprint density at radius 2 is 1.86 bits per heavy atom. The molecule has 1 unspecified atom stereocenters. The Labute approximate surface area is 259 Å². The van der Waals surface area contributed by atoms with Crippen LogP contribution in [0.5, 0.6) is 0 Å². The molecule has 0 bridgehead atoms. The van der Waals surface area contributed by atoms with E-state index < -0.39 is 16.1 Å². The van der Waals surface area contributed by atoms with E-state index >= 15 is 0 Å². The lowest BCUT2D eigenvalue weighted by Crippen LogP contribution is -2.57. The molecule has 230 valence electrons. The summed E-state index contributed by atoms with van der Waals surface area (Å²) in [5.41, 5.74) is 2.28. The van der Waals surface area contributed by atoms with Gasteiger partial charge in [-0.15, -0.1) is 0 Å². The van der Waals surface area contributed by atoms with Gasteiger partial charge >= 0.3 is 0 Å². The van der Waals surface area contributed by atoms with Crippen molar-refractivity contribution in [2.24, 2.45) is 5.92 Å². The fourth-order valence-corrected chi connectivity index (χ4v) is 8.47. The summed E-state index contributed by atoms with van der Waals surface area (Å²) < 4.78 is 28.7. The number of carbonyl (C=O) groups is 3. The monoisotopic (exact) mass is 635 g/mol. The summed E-state index contributed by atoms with van der Waals surface area (Å²) in [6.45, 7) is 4.82. The first-order valence-electron chi connectivity index (χ1n) is 14.8. The molecule has 3 aliphatic heterocycles. The number of anilines is 3. The van der Waals surface area contributed by atoms with E-state index in [9.17, 15) is 22.8 Å². The largest absolute Gasteiger partial charge is 0.331 e. The van der Waals surface area contributed by atoms with E-state index in [-0.39, 0.29) is 40.8 Å². The molecule has 5 heterocycles. The first-order chi connectivity index (χ1) is 21.1. The molecule has 7 rings (SSSR count). The molecule has 2 aromatic heterocycles. The van der Waals surface area contributed by atoms with Crippen LogP contribution in [0.1, 0.15) is 54.2 Å². The second-order valence-corrected chi connectivity index (χ2v) is 14.7. The normalized spacial score (nSPS) is 20.8. The number of nitrogens with zero attached hydrogens (tertiary/aromatic N) is 5. The van der Waals surface area contributed by atoms with Gasteiger partial charge in [-0.25, -0.2) is 23.1 Å². The van der Waals surface area contributed by atoms with Gasteiger partial charge in [-0.2, -0.15) is 0 Å². The molecule has 0 radical (unpaired) electrons. The average molecular weight is 636 g/mol. The van der Waals surface area contributed by atoms with Crippen molar-refractivity contribution in [3.63, 3.8) is 0 Å². The fourth-order valence-electron chi connectivity index (χ4n) is 6.52. The molecule has 3 fully saturated rings. The second kappa shape index (κ2) is 10.6. The number of pyridine rings is 1. The fraction of sp³-hybridized carbons (Fsp3) is 0.433. The second-order valence-electron chi connectivity index (χ2n) is 11.8. The number of benzene rings is 1. The van der Waals surface area contributed by atoms with Crippen molar-refractivity contribution in [2.45, 2.75) is 63.1 Å². The number of fused-ring (bicyclic) bond motifs is 2. The molecular weight excluding hydrogens is 603 g/mol. The number of amides is 3. The highest BCUT2D eigenvalue weighted by atomic mass is 32.2. The van der Waals surface area contributed by atoms with Crippen molar-refractivity contribution in [1.82, 2.24) is 24.5 Å². The van der Waals surface area contributed by atoms with E-state index in [1.165, 1.54) is 23.3 Å². The number of carbonyl (C=O) groups excluding carboxylic acids is 3. The third kappa shape index (κ3) is 4.85. The molecule has 2 atom stereocenters. The number of nitrogens with one attached hydrogen (secondary N) is 2. The third-order valence-corrected chi connectivity index (χ3v) is 11.6. The minimum atomic E-state index is -3.92. The molecular formula is C30H33N7O5S2. The Balaban J connectivity index is 1.18. The molecule has 1 aliphatic carbocycles. The number of hydrogen-bond donors (Lipinski definition) is 2. The molecule has 14 heteroatoms. The van der Waals surface area contributed by atoms with Crippen LogP contribution in [0.3, 0.4) is 0 Å². The zero-order valence-corrected chi connectivity index (χ0v) is 26.3. The van der Waals surface area contributed by atoms with E-state index in [0.29, 0.717) is 59.0 Å². The maximum absolute atomic E-state index is 13.5. The van der Waals surface area contributed by atoms with Crippen molar-refractivity contribution < 1.29 is 22.8 Å². The van der Waals surface area contributed by atoms with Crippen LogP contribution in [0.2, 0.25) is 0 Å². The van der Waals surface area contributed by atoms with E-state index in [1.807, 2.05) is 19.9 Å². The number of hydrogen-bond acceptors (Lipinski definition) is 9. The highest BCUT2D eigenvalue weighted by molar-refractivity contribution is 7.89. The van der Waals surface area contributed by atoms with Crippen LogP contribution in [0.15, 0.2) is 35.2 Å². The van der Waals surface area contributed by atoms with E-state index in [4.69, 9.17) is 0 Å². The first-order valence-corrected chi connectivity index (χ1v) is 17.1. The van der Waals surface area contributed by atoms with Crippen LogP contribution >= 0.6 is 11.3 Å². The van der Waals surface area contributed by atoms with Gasteiger partial charge in [0.25, 0.3) is 11.8 Å². The zero-order chi connectivity index (χ0) is 30.9. The van der Waals surface area contributed by atoms with Gasteiger partial charge in [0.05, 0.1) is 21.0 Å². The van der Waals surface area contributed by atoms with Crippen molar-refractivity contribution in [3.05, 3.63) is 47.2 Å². The Kier molecular flexibility index (Phi) is 6.98. The quantitative estimate of drug-likeness (QED) is 0.384. The van der Waals surface area contributed by atoms with Gasteiger partial charge in [-0.3, -0.25) is 19.3 Å². The minimum Gasteiger partial charge on any atom is -0.331 e. The minimum absolute atomic E-state index is 0.0266. The molecule has 1 aromatic carbocycles. The molecule has 2 N–H and O–H groups in total. The van der Waals surface area contributed by atoms with Crippen LogP contribution in [0, 0.1) is 12.8 Å². The molecule has 12 nitrogen and oxygen atoms in total. The lowest BCUT2D eigenvalue weighted by molar-refractivity contribution is -0.140. The van der Waals surface area contributed by atoms with Crippen LogP contribution in [0.4, 0.5) is 16.8 Å². The van der Waals surface area contributed by atoms with E-state index in [0.717, 1.165) is 24.1 Å². The Morgan fingerprint density at radius 1 is 1.07 bits per heavy atom. The van der Waals surface area contributed by atoms with Crippen LogP contribution in [-0.2, 0) is 26.2 Å². The summed E-state index contributed by atoms with van der Waals surface area (Å²) in [5, 5.41) is 3.74. The van der Waals surface area contributed by atoms with Crippen molar-refractivity contribution in [2.75, 3.05) is 30.4 Å². The Morgan fingerprint density at radius 3 is 2.61 bits per heavy atom. The first kappa shape index (κ1) is 28.9. The molecule has 0 spiro atoms. The van der Waals surface area contributed by atoms with Crippen molar-refractivity contribution in [1.29, 1.82) is 0 Å². The number of aromatic nitrogens is 2. The lowest BCUT2D eigenvalue weighted by atomic mass is 10.0. The van der Waals surface area contributed by atoms with E-state index in [1.54, 1.807) is 34.1 Å². The standard InChI is InChI=1S/C30H33N7O5S2/c1-16-27(19-12-20-14-36(17(2)18-9-10-18)29(40)26(20)22(13-19)44(41,42)31-3)43-30(32-16)34-23-7-4-8-24(33-23)37-15-25(38)35-11-5-6-21(35)28(37)39/h4,7-8,12-13,17-18,21,31H,5-6,9-11,14-15H2,1-3H3,(H,32,33,34)/t17?,21-/m0/s1. The van der Waals surface area contributed by atoms with Crippen LogP contribution < -0.4 is 14.9 Å². The third-order valence-electron chi connectivity index (χ3n) is 9.08. The van der Waals surface area contributed by atoms with Gasteiger partial charge in [-0.05, 0) is 87.9 Å². The molecule has 3 aromatic rings. The molecule has 4 aliphatic rings. The topological polar surface area (TPSA) is 145 Å². The lowest BCUT2D eigenvalue weighted by Gasteiger charge is -2.35. The molecule has 1 saturated carbocycles. The Hall–Kier alpha value is -3.88. The molecule has 44 heavy (non-hydrogen) atoms. The maximum atomic E-state index is 13.5. The summed E-state index contributed by atoms with van der Waals surface area (Å²) in [5.74, 6) is 0.860. The highest BCUT2D eigenvalue weighted by Crippen LogP contribution is 2.42. The number of rotatable bonds is 8. The van der Waals surface area contributed by atoms with E-state index in [2.05, 4.69) is 20.0 Å².